The molecule has 0 aromatic heterocycles. The number of amides is 1. The number of rotatable bonds is 10. The monoisotopic (exact) mass is 574 g/mol. The molecule has 37 heavy (non-hydrogen) atoms. The fourth-order valence-corrected chi connectivity index (χ4v) is 3.74. The summed E-state index contributed by atoms with van der Waals surface area (Å²) in [6.07, 6.45) is 15.6. The number of carbonyl (C=O) groups excluding carboxylic acids is 3. The van der Waals surface area contributed by atoms with Crippen molar-refractivity contribution in [3.63, 3.8) is 0 Å². The van der Waals surface area contributed by atoms with Crippen LogP contribution >= 0.6 is 0 Å². The van der Waals surface area contributed by atoms with Crippen molar-refractivity contribution in [3.8, 4) is 0 Å². The molecule has 2 aliphatic carbocycles. The van der Waals surface area contributed by atoms with Crippen LogP contribution in [0.1, 0.15) is 33.6 Å². The van der Waals surface area contributed by atoms with Gasteiger partial charge in [0.1, 0.15) is 17.7 Å². The fourth-order valence-electron chi connectivity index (χ4n) is 3.03. The van der Waals surface area contributed by atoms with Gasteiger partial charge in [-0.15, -0.1) is 0 Å². The van der Waals surface area contributed by atoms with Gasteiger partial charge in [-0.25, -0.2) is 9.59 Å². The number of hydrogen-bond acceptors (Lipinski definition) is 7. The Morgan fingerprint density at radius 2 is 1.41 bits per heavy atom. The van der Waals surface area contributed by atoms with Crippen molar-refractivity contribution in [2.45, 2.75) is 77.0 Å². The number of hydrogen-bond donors (Lipinski definition) is 2. The summed E-state index contributed by atoms with van der Waals surface area (Å²) in [6, 6.07) is -0.393. The molecule has 10 heteroatoms. The van der Waals surface area contributed by atoms with Gasteiger partial charge < -0.3 is 25.3 Å². The van der Waals surface area contributed by atoms with Gasteiger partial charge in [0.25, 0.3) is 0 Å². The summed E-state index contributed by atoms with van der Waals surface area (Å²) in [4.78, 5) is 35.3. The van der Waals surface area contributed by atoms with Crippen molar-refractivity contribution in [2.75, 3.05) is 13.7 Å². The zero-order valence-corrected chi connectivity index (χ0v) is 25.1. The van der Waals surface area contributed by atoms with E-state index >= 15 is 0 Å². The SMILES string of the molecule is CC(C)(C)OC(=O)N[C@@H](C[C]1[CH][CH][CH][CH]1)C(=O)OCC[Si](C)(C)C.COC(=O)[C@@H](N)C[C]1[CH][CH][CH][CH]1.[Fe+2]. The third-order valence-electron chi connectivity index (χ3n) is 4.93. The van der Waals surface area contributed by atoms with Crippen LogP contribution < -0.4 is 11.1 Å². The second kappa shape index (κ2) is 17.5. The van der Waals surface area contributed by atoms with Crippen molar-refractivity contribution < 1.29 is 45.7 Å². The zero-order chi connectivity index (χ0) is 27.4. The Labute approximate surface area is 236 Å². The summed E-state index contributed by atoms with van der Waals surface area (Å²) < 4.78 is 15.1. The van der Waals surface area contributed by atoms with Crippen LogP contribution in [0.3, 0.4) is 0 Å². The molecule has 10 radical (unpaired) electrons. The normalized spacial score (nSPS) is 18.1. The second-order valence-electron chi connectivity index (χ2n) is 10.8. The molecule has 2 aliphatic rings. The van der Waals surface area contributed by atoms with Crippen molar-refractivity contribution in [1.82, 2.24) is 5.32 Å². The molecule has 206 valence electrons. The van der Waals surface area contributed by atoms with Crippen molar-refractivity contribution in [1.29, 1.82) is 0 Å². The van der Waals surface area contributed by atoms with Crippen LogP contribution in [0.25, 0.3) is 0 Å². The Morgan fingerprint density at radius 3 is 1.84 bits per heavy atom. The van der Waals surface area contributed by atoms with Crippen LogP contribution in [0.4, 0.5) is 4.79 Å². The molecular formula is C27H42FeN2O6Si+2. The van der Waals surface area contributed by atoms with Gasteiger partial charge in [-0.1, -0.05) is 19.6 Å². The Kier molecular flexibility index (Phi) is 17.0. The third kappa shape index (κ3) is 17.2. The first-order valence-electron chi connectivity index (χ1n) is 12.1. The van der Waals surface area contributed by atoms with E-state index in [0.717, 1.165) is 17.9 Å². The first kappa shape index (κ1) is 35.9. The molecule has 0 aliphatic heterocycles. The number of nitrogens with two attached hydrogens (primary N) is 1. The average Bonchev–Trinajstić information content (AvgIpc) is 3.45. The minimum atomic E-state index is -1.28. The van der Waals surface area contributed by atoms with E-state index in [-0.39, 0.29) is 23.0 Å². The van der Waals surface area contributed by atoms with Gasteiger partial charge in [-0.05, 0) is 103 Å². The van der Waals surface area contributed by atoms with Gasteiger partial charge in [0, 0.05) is 8.07 Å². The molecule has 0 aromatic carbocycles. The van der Waals surface area contributed by atoms with Crippen LogP contribution in [0, 0.1) is 63.2 Å². The van der Waals surface area contributed by atoms with Crippen molar-refractivity contribution >= 4 is 26.1 Å². The molecule has 2 fully saturated rings. The van der Waals surface area contributed by atoms with Gasteiger partial charge in [0.05, 0.1) is 13.7 Å². The molecule has 0 heterocycles. The van der Waals surface area contributed by atoms with E-state index in [2.05, 4.69) is 29.7 Å². The molecule has 0 spiro atoms. The summed E-state index contributed by atoms with van der Waals surface area (Å²) >= 11 is 0. The van der Waals surface area contributed by atoms with Crippen LogP contribution in [0.5, 0.6) is 0 Å². The molecule has 0 saturated heterocycles. The maximum atomic E-state index is 12.4. The average molecular weight is 575 g/mol. The maximum absolute atomic E-state index is 12.4. The molecule has 2 saturated carbocycles. The van der Waals surface area contributed by atoms with E-state index in [9.17, 15) is 14.4 Å². The van der Waals surface area contributed by atoms with Crippen molar-refractivity contribution in [2.24, 2.45) is 5.73 Å². The quantitative estimate of drug-likeness (QED) is 0.231. The minimum absolute atomic E-state index is 0. The number of alkyl carbamates (subject to hydrolysis) is 1. The van der Waals surface area contributed by atoms with E-state index in [1.807, 2.05) is 51.4 Å². The summed E-state index contributed by atoms with van der Waals surface area (Å²) in [7, 11) is 0.0653. The predicted octanol–water partition coefficient (Wildman–Crippen LogP) is 3.84. The smallest absolute Gasteiger partial charge is 0.468 e. The maximum Gasteiger partial charge on any atom is 2.00 e. The van der Waals surface area contributed by atoms with Crippen LogP contribution in [0.15, 0.2) is 0 Å². The molecule has 0 bridgehead atoms. The standard InChI is InChI=1S/C18H30NO4Si.C9H12NO2.Fe/c1-18(2,3)23-17(21)19-15(13-14-9-7-8-10-14)16(20)22-11-12-24(4,5)6;1-12-9(11)8(10)6-7-4-2-3-5-7;/h7-10,15H,11-13H2,1-6H3,(H,19,21);2-5,8H,6,10H2,1H3;/q;;+2/t15-;8-;/m00./s1. The first-order chi connectivity index (χ1) is 16.7. The van der Waals surface area contributed by atoms with Gasteiger partial charge >= 0.3 is 35.1 Å². The third-order valence-corrected chi connectivity index (χ3v) is 6.64. The van der Waals surface area contributed by atoms with E-state index in [1.54, 1.807) is 20.8 Å². The summed E-state index contributed by atoms with van der Waals surface area (Å²) in [5, 5.41) is 2.63. The van der Waals surface area contributed by atoms with Gasteiger partial charge in [-0.3, -0.25) is 4.79 Å². The molecule has 2 rings (SSSR count). The zero-order valence-electron chi connectivity index (χ0n) is 23.0. The van der Waals surface area contributed by atoms with E-state index < -0.39 is 37.8 Å². The van der Waals surface area contributed by atoms with E-state index in [4.69, 9.17) is 15.2 Å². The van der Waals surface area contributed by atoms with Gasteiger partial charge in [0.2, 0.25) is 0 Å². The van der Waals surface area contributed by atoms with E-state index in [0.29, 0.717) is 19.4 Å². The molecule has 1 amide bonds. The largest absolute Gasteiger partial charge is 2.00 e. The molecule has 3 N–H and O–H groups in total. The van der Waals surface area contributed by atoms with Crippen LogP contribution in [-0.4, -0.2) is 57.5 Å². The number of ether oxygens (including phenoxy) is 3. The predicted molar refractivity (Wildman–Crippen MR) is 142 cm³/mol. The number of methoxy groups -OCH3 is 1. The van der Waals surface area contributed by atoms with Gasteiger partial charge in [-0.2, -0.15) is 0 Å². The molecule has 0 unspecified atom stereocenters. The number of esters is 2. The Morgan fingerprint density at radius 1 is 0.919 bits per heavy atom. The van der Waals surface area contributed by atoms with Crippen molar-refractivity contribution in [3.05, 3.63) is 63.2 Å². The van der Waals surface area contributed by atoms with Gasteiger partial charge in [0.15, 0.2) is 0 Å². The minimum Gasteiger partial charge on any atom is -0.468 e. The Hall–Kier alpha value is -1.09. The Bertz CT molecular complexity index is 683. The summed E-state index contributed by atoms with van der Waals surface area (Å²) in [6.45, 7) is 12.4. The molecular weight excluding hydrogens is 532 g/mol. The molecule has 8 nitrogen and oxygen atoms in total. The topological polar surface area (TPSA) is 117 Å². The first-order valence-corrected chi connectivity index (χ1v) is 15.8. The fraction of sp³-hybridized carbons (Fsp3) is 0.519. The summed E-state index contributed by atoms with van der Waals surface area (Å²) in [5.41, 5.74) is 4.93. The number of carbonyl (C=O) groups is 3. The molecule has 2 atom stereocenters. The summed E-state index contributed by atoms with van der Waals surface area (Å²) in [5.74, 6) is 1.25. The second-order valence-corrected chi connectivity index (χ2v) is 16.4. The van der Waals surface area contributed by atoms with E-state index in [1.165, 1.54) is 7.11 Å². The van der Waals surface area contributed by atoms with Crippen LogP contribution in [0.2, 0.25) is 25.7 Å². The Balaban J connectivity index is 0.000000837. The number of nitrogens with one attached hydrogen (secondary N) is 1. The molecule has 0 aromatic rings. The van der Waals surface area contributed by atoms with Crippen LogP contribution in [-0.2, 0) is 40.9 Å².